The number of carbonyl (C=O) groups is 3. The average molecular weight is 852 g/mol. The molecule has 0 radical (unpaired) electrons. The Hall–Kier alpha value is -1.97. The number of unbranched alkanes of at least 4 members (excludes halogenated alkanes) is 30. The Kier molecular flexibility index (Phi) is 42.2. The van der Waals surface area contributed by atoms with E-state index in [9.17, 15) is 19.5 Å². The Morgan fingerprint density at radius 2 is 0.850 bits per heavy atom. The second-order valence-corrected chi connectivity index (χ2v) is 18.5. The van der Waals surface area contributed by atoms with Crippen molar-refractivity contribution in [3.8, 4) is 0 Å². The first-order valence-corrected chi connectivity index (χ1v) is 25.3. The van der Waals surface area contributed by atoms with Gasteiger partial charge in [-0.3, -0.25) is 9.59 Å². The summed E-state index contributed by atoms with van der Waals surface area (Å²) in [5.41, 5.74) is 0. The zero-order valence-corrected chi connectivity index (χ0v) is 40.1. The Balaban J connectivity index is 4.18. The fourth-order valence-corrected chi connectivity index (χ4v) is 7.30. The number of hydrogen-bond donors (Lipinski definition) is 0. The highest BCUT2D eigenvalue weighted by Gasteiger charge is 2.22. The lowest BCUT2D eigenvalue weighted by atomic mass is 10.0. The first-order valence-electron chi connectivity index (χ1n) is 25.3. The summed E-state index contributed by atoms with van der Waals surface area (Å²) < 4.78 is 22.6. The molecule has 0 aromatic rings. The number of carboxylic acid groups (broad SMARTS) is 1. The smallest absolute Gasteiger partial charge is 0.306 e. The quantitative estimate of drug-likeness (QED) is 0.0196. The molecule has 0 rings (SSSR count). The van der Waals surface area contributed by atoms with Crippen LogP contribution in [0, 0.1) is 0 Å². The van der Waals surface area contributed by atoms with Crippen molar-refractivity contribution in [2.45, 2.75) is 251 Å². The van der Waals surface area contributed by atoms with Crippen LogP contribution in [0.1, 0.15) is 239 Å². The van der Waals surface area contributed by atoms with E-state index < -0.39 is 24.3 Å². The van der Waals surface area contributed by atoms with Crippen LogP contribution in [-0.2, 0) is 33.3 Å². The van der Waals surface area contributed by atoms with Gasteiger partial charge in [-0.1, -0.05) is 199 Å². The number of carbonyl (C=O) groups excluding carboxylic acids is 3. The molecule has 0 heterocycles. The number of ether oxygens (including phenoxy) is 4. The topological polar surface area (TPSA) is 111 Å². The van der Waals surface area contributed by atoms with E-state index in [1.165, 1.54) is 173 Å². The summed E-state index contributed by atoms with van der Waals surface area (Å²) in [6.45, 7) is 4.75. The Morgan fingerprint density at radius 1 is 0.483 bits per heavy atom. The summed E-state index contributed by atoms with van der Waals surface area (Å²) in [5, 5.41) is 11.7. The van der Waals surface area contributed by atoms with Crippen molar-refractivity contribution in [3.05, 3.63) is 12.2 Å². The summed E-state index contributed by atoms with van der Waals surface area (Å²) in [6, 6.07) is 0. The van der Waals surface area contributed by atoms with Crippen LogP contribution < -0.4 is 5.11 Å². The standard InChI is InChI=1S/C51H97NO8/c1-6-8-10-12-14-16-18-19-20-21-22-23-24-25-26-27-28-29-30-31-32-34-36-38-40-42-49(54)60-47(46-59-51(50(55)56)57-44-43-52(3,4)5)45-58-48(53)41-39-37-35-33-17-15-13-11-9-7-2/h21-22,47,51H,6-20,23-46H2,1-5H3/b22-21-. The molecule has 2 unspecified atom stereocenters. The van der Waals surface area contributed by atoms with Crippen LogP contribution in [0.25, 0.3) is 0 Å². The number of allylic oxidation sites excluding steroid dienone is 2. The van der Waals surface area contributed by atoms with E-state index in [1.807, 2.05) is 21.1 Å². The van der Waals surface area contributed by atoms with Crippen molar-refractivity contribution in [3.63, 3.8) is 0 Å². The molecular formula is C51H97NO8. The third-order valence-electron chi connectivity index (χ3n) is 11.3. The average Bonchev–Trinajstić information content (AvgIpc) is 3.21. The Bertz CT molecular complexity index is 996. The maximum absolute atomic E-state index is 12.8. The predicted molar refractivity (Wildman–Crippen MR) is 247 cm³/mol. The zero-order chi connectivity index (χ0) is 44.2. The number of rotatable bonds is 47. The Labute approximate surface area is 370 Å². The van der Waals surface area contributed by atoms with Crippen molar-refractivity contribution < 1.29 is 42.9 Å². The fourth-order valence-electron chi connectivity index (χ4n) is 7.30. The molecule has 0 aliphatic rings. The SMILES string of the molecule is CCCCCCCCCC/C=C\CCCCCCCCCCCCCCCC(=O)OC(COC(=O)CCCCCCCCCCCC)COC(OCC[N+](C)(C)C)C(=O)[O-]. The van der Waals surface area contributed by atoms with Gasteiger partial charge < -0.3 is 33.3 Å². The van der Waals surface area contributed by atoms with Crippen molar-refractivity contribution >= 4 is 17.9 Å². The van der Waals surface area contributed by atoms with E-state index in [4.69, 9.17) is 18.9 Å². The Morgan fingerprint density at radius 3 is 1.23 bits per heavy atom. The van der Waals surface area contributed by atoms with E-state index in [-0.39, 0.29) is 32.2 Å². The van der Waals surface area contributed by atoms with Crippen LogP contribution in [-0.4, -0.2) is 82.3 Å². The summed E-state index contributed by atoms with van der Waals surface area (Å²) in [4.78, 5) is 37.0. The van der Waals surface area contributed by atoms with Crippen LogP contribution in [0.3, 0.4) is 0 Å². The van der Waals surface area contributed by atoms with Crippen molar-refractivity contribution in [2.75, 3.05) is 47.5 Å². The highest BCUT2D eigenvalue weighted by Crippen LogP contribution is 2.16. The normalized spacial score (nSPS) is 12.9. The second-order valence-electron chi connectivity index (χ2n) is 18.5. The van der Waals surface area contributed by atoms with Gasteiger partial charge in [-0.25, -0.2) is 0 Å². The molecule has 0 bridgehead atoms. The van der Waals surface area contributed by atoms with Gasteiger partial charge >= 0.3 is 11.9 Å². The fraction of sp³-hybridized carbons (Fsp3) is 0.902. The van der Waals surface area contributed by atoms with Gasteiger partial charge in [0.15, 0.2) is 12.4 Å². The van der Waals surface area contributed by atoms with Crippen molar-refractivity contribution in [1.82, 2.24) is 0 Å². The first kappa shape index (κ1) is 58.0. The molecule has 0 N–H and O–H groups in total. The van der Waals surface area contributed by atoms with E-state index in [0.29, 0.717) is 17.4 Å². The van der Waals surface area contributed by atoms with Gasteiger partial charge in [0.2, 0.25) is 0 Å². The zero-order valence-electron chi connectivity index (χ0n) is 40.1. The molecule has 0 saturated heterocycles. The lowest BCUT2D eigenvalue weighted by Crippen LogP contribution is -2.44. The van der Waals surface area contributed by atoms with Crippen molar-refractivity contribution in [2.24, 2.45) is 0 Å². The minimum atomic E-state index is -1.61. The van der Waals surface area contributed by atoms with Gasteiger partial charge in [0.25, 0.3) is 0 Å². The molecule has 9 nitrogen and oxygen atoms in total. The number of aliphatic carboxylic acids is 1. The molecule has 0 saturated carbocycles. The van der Waals surface area contributed by atoms with Gasteiger partial charge in [0, 0.05) is 12.8 Å². The molecule has 0 aromatic heterocycles. The molecule has 2 atom stereocenters. The lowest BCUT2D eigenvalue weighted by molar-refractivity contribution is -0.870. The highest BCUT2D eigenvalue weighted by molar-refractivity contribution is 5.70. The third-order valence-corrected chi connectivity index (χ3v) is 11.3. The molecule has 0 amide bonds. The molecule has 354 valence electrons. The molecule has 0 aliphatic heterocycles. The number of nitrogens with zero attached hydrogens (tertiary/aromatic N) is 1. The molecule has 60 heavy (non-hydrogen) atoms. The van der Waals surface area contributed by atoms with E-state index in [1.54, 1.807) is 0 Å². The third kappa shape index (κ3) is 44.1. The lowest BCUT2D eigenvalue weighted by Gasteiger charge is -2.26. The van der Waals surface area contributed by atoms with Gasteiger partial charge in [-0.05, 0) is 38.5 Å². The van der Waals surface area contributed by atoms with Crippen LogP contribution in [0.2, 0.25) is 0 Å². The van der Waals surface area contributed by atoms with Crippen LogP contribution in [0.15, 0.2) is 12.2 Å². The molecular weight excluding hydrogens is 755 g/mol. The van der Waals surface area contributed by atoms with E-state index in [0.717, 1.165) is 38.5 Å². The van der Waals surface area contributed by atoms with Crippen LogP contribution >= 0.6 is 0 Å². The summed E-state index contributed by atoms with van der Waals surface area (Å²) >= 11 is 0. The highest BCUT2D eigenvalue weighted by atomic mass is 16.7. The van der Waals surface area contributed by atoms with Gasteiger partial charge in [-0.15, -0.1) is 0 Å². The summed E-state index contributed by atoms with van der Waals surface area (Å²) in [6.07, 6.45) is 44.0. The predicted octanol–water partition coefficient (Wildman–Crippen LogP) is 12.5. The van der Waals surface area contributed by atoms with Crippen LogP contribution in [0.5, 0.6) is 0 Å². The van der Waals surface area contributed by atoms with E-state index in [2.05, 4.69) is 26.0 Å². The molecule has 0 aliphatic carbocycles. The van der Waals surface area contributed by atoms with Crippen molar-refractivity contribution in [1.29, 1.82) is 0 Å². The number of hydrogen-bond acceptors (Lipinski definition) is 8. The minimum absolute atomic E-state index is 0.151. The summed E-state index contributed by atoms with van der Waals surface area (Å²) in [7, 11) is 5.92. The van der Waals surface area contributed by atoms with Gasteiger partial charge in [0.05, 0.1) is 40.3 Å². The first-order chi connectivity index (χ1) is 29.1. The maximum Gasteiger partial charge on any atom is 0.306 e. The number of esters is 2. The van der Waals surface area contributed by atoms with Gasteiger partial charge in [0.1, 0.15) is 13.2 Å². The number of likely N-dealkylation sites (N-methyl/N-ethyl adjacent to an activating group) is 1. The molecule has 0 spiro atoms. The second kappa shape index (κ2) is 43.7. The maximum atomic E-state index is 12.8. The van der Waals surface area contributed by atoms with E-state index >= 15 is 0 Å². The van der Waals surface area contributed by atoms with Gasteiger partial charge in [-0.2, -0.15) is 0 Å². The monoisotopic (exact) mass is 852 g/mol. The summed E-state index contributed by atoms with van der Waals surface area (Å²) in [5.74, 6) is -2.27. The minimum Gasteiger partial charge on any atom is -0.545 e. The number of carboxylic acids is 1. The number of quaternary nitrogens is 1. The molecule has 0 fully saturated rings. The molecule has 0 aromatic carbocycles. The van der Waals surface area contributed by atoms with Crippen LogP contribution in [0.4, 0.5) is 0 Å². The largest absolute Gasteiger partial charge is 0.545 e. The molecule has 9 heteroatoms.